The van der Waals surface area contributed by atoms with E-state index < -0.39 is 11.7 Å². The summed E-state index contributed by atoms with van der Waals surface area (Å²) in [5, 5.41) is 5.81. The molecule has 9 nitrogen and oxygen atoms in total. The SMILES string of the molecule is CCCCc1ncccc1C(=O)Nc1cccc(-c2cn(C)c(=O)c(Nc3ccc(N4CCN(CC)CC4)cc3)n2)c1F. The Balaban J connectivity index is 1.35. The molecule has 2 aromatic carbocycles. The van der Waals surface area contributed by atoms with Gasteiger partial charge in [0.2, 0.25) is 0 Å². The van der Waals surface area contributed by atoms with Gasteiger partial charge in [0.15, 0.2) is 11.6 Å². The van der Waals surface area contributed by atoms with Crippen LogP contribution >= 0.6 is 0 Å². The molecule has 0 unspecified atom stereocenters. The Morgan fingerprint density at radius 1 is 1.00 bits per heavy atom. The molecule has 1 amide bonds. The second-order valence-corrected chi connectivity index (χ2v) is 10.7. The molecule has 0 bridgehead atoms. The molecule has 1 aliphatic heterocycles. The van der Waals surface area contributed by atoms with Crippen LogP contribution in [0.1, 0.15) is 42.7 Å². The number of likely N-dealkylation sites (N-methyl/N-ethyl adjacent to an activating group) is 1. The van der Waals surface area contributed by atoms with Crippen LogP contribution in [0.4, 0.5) is 27.3 Å². The third kappa shape index (κ3) is 6.91. The third-order valence-electron chi connectivity index (χ3n) is 7.81. The van der Waals surface area contributed by atoms with Crippen molar-refractivity contribution in [3.05, 3.63) is 94.4 Å². The lowest BCUT2D eigenvalue weighted by Crippen LogP contribution is -2.46. The molecule has 0 radical (unpaired) electrons. The molecule has 3 heterocycles. The van der Waals surface area contributed by atoms with Crippen LogP contribution in [0.3, 0.4) is 0 Å². The quantitative estimate of drug-likeness (QED) is 0.256. The molecule has 1 aliphatic rings. The number of aryl methyl sites for hydroxylation is 2. The van der Waals surface area contributed by atoms with Crippen molar-refractivity contribution in [2.75, 3.05) is 48.3 Å². The lowest BCUT2D eigenvalue weighted by atomic mass is 10.1. The van der Waals surface area contributed by atoms with Gasteiger partial charge in [-0.3, -0.25) is 14.6 Å². The average Bonchev–Trinajstić information content (AvgIpc) is 3.03. The Morgan fingerprint density at radius 2 is 1.77 bits per heavy atom. The maximum absolute atomic E-state index is 15.8. The Morgan fingerprint density at radius 3 is 2.49 bits per heavy atom. The predicted octanol–water partition coefficient (Wildman–Crippen LogP) is 5.46. The molecule has 2 N–H and O–H groups in total. The Kier molecular flexibility index (Phi) is 9.46. The number of piperazine rings is 1. The number of anilines is 4. The molecule has 1 saturated heterocycles. The Labute approximate surface area is 251 Å². The normalized spacial score (nSPS) is 13.6. The number of halogens is 1. The van der Waals surface area contributed by atoms with E-state index in [1.54, 1.807) is 37.5 Å². The summed E-state index contributed by atoms with van der Waals surface area (Å²) in [4.78, 5) is 39.7. The van der Waals surface area contributed by atoms with E-state index in [1.807, 2.05) is 24.3 Å². The van der Waals surface area contributed by atoms with Crippen LogP contribution in [0.5, 0.6) is 0 Å². The van der Waals surface area contributed by atoms with E-state index in [0.717, 1.165) is 51.3 Å². The van der Waals surface area contributed by atoms with E-state index in [1.165, 1.54) is 16.8 Å². The number of pyridine rings is 1. The van der Waals surface area contributed by atoms with Crippen LogP contribution in [-0.4, -0.2) is 58.1 Å². The third-order valence-corrected chi connectivity index (χ3v) is 7.81. The van der Waals surface area contributed by atoms with Crippen molar-refractivity contribution in [3.63, 3.8) is 0 Å². The zero-order valence-corrected chi connectivity index (χ0v) is 24.9. The summed E-state index contributed by atoms with van der Waals surface area (Å²) in [6.07, 6.45) is 5.68. The van der Waals surface area contributed by atoms with E-state index in [-0.39, 0.29) is 28.3 Å². The summed E-state index contributed by atoms with van der Waals surface area (Å²) in [7, 11) is 1.60. The van der Waals surface area contributed by atoms with Gasteiger partial charge in [-0.25, -0.2) is 9.37 Å². The monoisotopic (exact) mass is 583 g/mol. The number of carbonyl (C=O) groups excluding carboxylic acids is 1. The van der Waals surface area contributed by atoms with Crippen LogP contribution < -0.4 is 21.1 Å². The van der Waals surface area contributed by atoms with E-state index in [9.17, 15) is 9.59 Å². The first-order chi connectivity index (χ1) is 20.9. The summed E-state index contributed by atoms with van der Waals surface area (Å²) in [6, 6.07) is 16.0. The molecular formula is C33H38FN7O2. The molecule has 5 rings (SSSR count). The predicted molar refractivity (Wildman–Crippen MR) is 170 cm³/mol. The van der Waals surface area contributed by atoms with Crippen molar-refractivity contribution in [1.29, 1.82) is 0 Å². The summed E-state index contributed by atoms with van der Waals surface area (Å²) in [6.45, 7) is 9.33. The van der Waals surface area contributed by atoms with Gasteiger partial charge >= 0.3 is 0 Å². The molecule has 224 valence electrons. The van der Waals surface area contributed by atoms with Crippen molar-refractivity contribution in [2.24, 2.45) is 7.05 Å². The highest BCUT2D eigenvalue weighted by atomic mass is 19.1. The largest absolute Gasteiger partial charge is 0.369 e. The molecule has 10 heteroatoms. The zero-order valence-electron chi connectivity index (χ0n) is 24.9. The fourth-order valence-electron chi connectivity index (χ4n) is 5.24. The van der Waals surface area contributed by atoms with Crippen molar-refractivity contribution < 1.29 is 9.18 Å². The fourth-order valence-corrected chi connectivity index (χ4v) is 5.24. The van der Waals surface area contributed by atoms with Gasteiger partial charge in [-0.2, -0.15) is 0 Å². The van der Waals surface area contributed by atoms with Gasteiger partial charge in [0, 0.05) is 62.6 Å². The van der Waals surface area contributed by atoms with Crippen LogP contribution in [0.15, 0.2) is 71.8 Å². The van der Waals surface area contributed by atoms with Gasteiger partial charge in [-0.05, 0) is 67.9 Å². The number of unbranched alkanes of at least 4 members (excludes halogenated alkanes) is 1. The van der Waals surface area contributed by atoms with Crippen molar-refractivity contribution >= 4 is 28.8 Å². The van der Waals surface area contributed by atoms with Crippen molar-refractivity contribution in [1.82, 2.24) is 19.4 Å². The van der Waals surface area contributed by atoms with Gasteiger partial charge < -0.3 is 25.0 Å². The maximum atomic E-state index is 15.8. The van der Waals surface area contributed by atoms with E-state index in [0.29, 0.717) is 23.4 Å². The number of amides is 1. The number of aromatic nitrogens is 3. The topological polar surface area (TPSA) is 95.4 Å². The summed E-state index contributed by atoms with van der Waals surface area (Å²) >= 11 is 0. The molecule has 0 aliphatic carbocycles. The summed E-state index contributed by atoms with van der Waals surface area (Å²) < 4.78 is 17.2. The molecule has 2 aromatic heterocycles. The second kappa shape index (κ2) is 13.6. The second-order valence-electron chi connectivity index (χ2n) is 10.7. The molecule has 0 saturated carbocycles. The fraction of sp³-hybridized carbons (Fsp3) is 0.333. The standard InChI is InChI=1S/C33H38FN7O2/c1-4-6-11-27-26(10-8-17-35-27)32(42)38-28-12-7-9-25(30(28)34)29-22-39(3)33(43)31(37-29)36-23-13-15-24(16-14-23)41-20-18-40(5-2)19-21-41/h7-10,12-17,22H,4-6,11,18-21H2,1-3H3,(H,36,37)(H,38,42). The van der Waals surface area contributed by atoms with E-state index in [4.69, 9.17) is 0 Å². The molecule has 0 atom stereocenters. The van der Waals surface area contributed by atoms with Gasteiger partial charge in [0.1, 0.15) is 0 Å². The maximum Gasteiger partial charge on any atom is 0.293 e. The summed E-state index contributed by atoms with van der Waals surface area (Å²) in [5.41, 5.74) is 3.03. The molecule has 1 fully saturated rings. The van der Waals surface area contributed by atoms with Crippen molar-refractivity contribution in [2.45, 2.75) is 33.1 Å². The first-order valence-electron chi connectivity index (χ1n) is 14.8. The van der Waals surface area contributed by atoms with Crippen molar-refractivity contribution in [3.8, 4) is 11.3 Å². The minimum atomic E-state index is -0.639. The average molecular weight is 584 g/mol. The van der Waals surface area contributed by atoms with E-state index >= 15 is 4.39 Å². The number of rotatable bonds is 10. The minimum absolute atomic E-state index is 0.0216. The minimum Gasteiger partial charge on any atom is -0.369 e. The van der Waals surface area contributed by atoms with Gasteiger partial charge in [0.05, 0.1) is 22.6 Å². The first-order valence-corrected chi connectivity index (χ1v) is 14.8. The number of nitrogens with one attached hydrogen (secondary N) is 2. The van der Waals surface area contributed by atoms with Crippen LogP contribution in [0.25, 0.3) is 11.3 Å². The number of hydrogen-bond acceptors (Lipinski definition) is 7. The lowest BCUT2D eigenvalue weighted by molar-refractivity contribution is 0.102. The van der Waals surface area contributed by atoms with Gasteiger partial charge in [-0.1, -0.05) is 26.3 Å². The van der Waals surface area contributed by atoms with Gasteiger partial charge in [-0.15, -0.1) is 0 Å². The highest BCUT2D eigenvalue weighted by Gasteiger charge is 2.19. The number of carbonyl (C=O) groups is 1. The molecule has 4 aromatic rings. The lowest BCUT2D eigenvalue weighted by Gasteiger charge is -2.35. The van der Waals surface area contributed by atoms with Crippen LogP contribution in [-0.2, 0) is 13.5 Å². The number of benzene rings is 2. The number of nitrogens with zero attached hydrogens (tertiary/aromatic N) is 5. The van der Waals surface area contributed by atoms with E-state index in [2.05, 4.69) is 44.2 Å². The van der Waals surface area contributed by atoms with Crippen LogP contribution in [0.2, 0.25) is 0 Å². The molecule has 0 spiro atoms. The van der Waals surface area contributed by atoms with Gasteiger partial charge in [0.25, 0.3) is 11.5 Å². The number of hydrogen-bond donors (Lipinski definition) is 2. The first kappa shape index (κ1) is 29.9. The smallest absolute Gasteiger partial charge is 0.293 e. The highest BCUT2D eigenvalue weighted by Crippen LogP contribution is 2.28. The molecule has 43 heavy (non-hydrogen) atoms. The highest BCUT2D eigenvalue weighted by molar-refractivity contribution is 6.05. The Hall–Kier alpha value is -4.57. The zero-order chi connectivity index (χ0) is 30.3. The van der Waals surface area contributed by atoms with Crippen LogP contribution in [0, 0.1) is 5.82 Å². The summed E-state index contributed by atoms with van der Waals surface area (Å²) in [5.74, 6) is -0.990. The Bertz CT molecular complexity index is 1630. The molecular weight excluding hydrogens is 545 g/mol.